The van der Waals surface area contributed by atoms with Crippen molar-refractivity contribution in [3.8, 4) is 0 Å². The maximum atomic E-state index is 12.5. The van der Waals surface area contributed by atoms with Crippen LogP contribution in [0.1, 0.15) is 30.0 Å². The van der Waals surface area contributed by atoms with Gasteiger partial charge >= 0.3 is 6.18 Å². The number of hydrogen-bond acceptors (Lipinski definition) is 1. The number of benzene rings is 1. The maximum Gasteiger partial charge on any atom is 0.416 e. The number of alkyl halides is 3. The van der Waals surface area contributed by atoms with E-state index < -0.39 is 11.7 Å². The van der Waals surface area contributed by atoms with Crippen molar-refractivity contribution in [3.05, 3.63) is 34.9 Å². The second-order valence-corrected chi connectivity index (χ2v) is 4.01. The van der Waals surface area contributed by atoms with E-state index >= 15 is 0 Å². The zero-order chi connectivity index (χ0) is 12.3. The summed E-state index contributed by atoms with van der Waals surface area (Å²) in [6, 6.07) is 3.73. The molecule has 0 heterocycles. The van der Waals surface area contributed by atoms with Crippen molar-refractivity contribution in [2.75, 3.05) is 0 Å². The fourth-order valence-corrected chi connectivity index (χ4v) is 1.49. The number of rotatable bonds is 3. The summed E-state index contributed by atoms with van der Waals surface area (Å²) >= 11 is 0. The smallest absolute Gasteiger partial charge is 0.327 e. The topological polar surface area (TPSA) is 26.0 Å². The Hall–Kier alpha value is -1.03. The van der Waals surface area contributed by atoms with E-state index in [-0.39, 0.29) is 6.04 Å². The molecule has 0 saturated carbocycles. The molecule has 0 aliphatic rings. The van der Waals surface area contributed by atoms with Crippen LogP contribution < -0.4 is 5.73 Å². The van der Waals surface area contributed by atoms with Gasteiger partial charge in [-0.15, -0.1) is 0 Å². The number of aryl methyl sites for hydroxylation is 1. The van der Waals surface area contributed by atoms with Crippen LogP contribution in [0.2, 0.25) is 0 Å². The van der Waals surface area contributed by atoms with Gasteiger partial charge in [0, 0.05) is 6.04 Å². The molecule has 0 radical (unpaired) electrons. The molecule has 1 rings (SSSR count). The first-order valence-electron chi connectivity index (χ1n) is 5.27. The third-order valence-corrected chi connectivity index (χ3v) is 2.68. The highest BCUT2D eigenvalue weighted by molar-refractivity contribution is 5.33. The monoisotopic (exact) mass is 231 g/mol. The van der Waals surface area contributed by atoms with Crippen molar-refractivity contribution in [1.82, 2.24) is 0 Å². The molecule has 0 aliphatic carbocycles. The van der Waals surface area contributed by atoms with E-state index in [2.05, 4.69) is 0 Å². The first-order chi connectivity index (χ1) is 7.34. The molecule has 0 aliphatic heterocycles. The first kappa shape index (κ1) is 13.0. The summed E-state index contributed by atoms with van der Waals surface area (Å²) in [7, 11) is 0. The zero-order valence-electron chi connectivity index (χ0n) is 9.43. The SMILES string of the molecule is CCC(N)Cc1cc(C(F)(F)F)ccc1C. The highest BCUT2D eigenvalue weighted by atomic mass is 19.4. The van der Waals surface area contributed by atoms with Crippen molar-refractivity contribution in [2.24, 2.45) is 5.73 Å². The molecular formula is C12H16F3N. The predicted molar refractivity (Wildman–Crippen MR) is 58.2 cm³/mol. The van der Waals surface area contributed by atoms with Crippen molar-refractivity contribution in [3.63, 3.8) is 0 Å². The zero-order valence-corrected chi connectivity index (χ0v) is 9.43. The second-order valence-electron chi connectivity index (χ2n) is 4.01. The van der Waals surface area contributed by atoms with Crippen LogP contribution in [-0.2, 0) is 12.6 Å². The minimum Gasteiger partial charge on any atom is -0.327 e. The highest BCUT2D eigenvalue weighted by Crippen LogP contribution is 2.30. The van der Waals surface area contributed by atoms with Crippen LogP contribution in [0, 0.1) is 6.92 Å². The lowest BCUT2D eigenvalue weighted by molar-refractivity contribution is -0.137. The highest BCUT2D eigenvalue weighted by Gasteiger charge is 2.30. The van der Waals surface area contributed by atoms with Crippen LogP contribution in [0.5, 0.6) is 0 Å². The van der Waals surface area contributed by atoms with E-state index in [4.69, 9.17) is 5.73 Å². The van der Waals surface area contributed by atoms with E-state index in [0.717, 1.165) is 18.1 Å². The summed E-state index contributed by atoms with van der Waals surface area (Å²) in [5.74, 6) is 0. The average Bonchev–Trinajstić information content (AvgIpc) is 2.19. The van der Waals surface area contributed by atoms with Crippen LogP contribution in [0.25, 0.3) is 0 Å². The fraction of sp³-hybridized carbons (Fsp3) is 0.500. The van der Waals surface area contributed by atoms with Gasteiger partial charge in [0.05, 0.1) is 5.56 Å². The molecule has 0 aromatic heterocycles. The average molecular weight is 231 g/mol. The molecule has 0 amide bonds. The van der Waals surface area contributed by atoms with Crippen LogP contribution >= 0.6 is 0 Å². The first-order valence-corrected chi connectivity index (χ1v) is 5.27. The number of hydrogen-bond donors (Lipinski definition) is 1. The van der Waals surface area contributed by atoms with Gasteiger partial charge in [0.15, 0.2) is 0 Å². The number of halogens is 3. The molecule has 1 aromatic rings. The number of nitrogens with two attached hydrogens (primary N) is 1. The third kappa shape index (κ3) is 3.23. The molecule has 0 fully saturated rings. The van der Waals surface area contributed by atoms with Gasteiger partial charge in [-0.25, -0.2) is 0 Å². The van der Waals surface area contributed by atoms with Gasteiger partial charge in [0.2, 0.25) is 0 Å². The van der Waals surface area contributed by atoms with Gasteiger partial charge in [-0.3, -0.25) is 0 Å². The molecular weight excluding hydrogens is 215 g/mol. The third-order valence-electron chi connectivity index (χ3n) is 2.68. The summed E-state index contributed by atoms with van der Waals surface area (Å²) in [6.07, 6.45) is -3.03. The van der Waals surface area contributed by atoms with Gasteiger partial charge in [-0.2, -0.15) is 13.2 Å². The van der Waals surface area contributed by atoms with Gasteiger partial charge in [-0.1, -0.05) is 13.0 Å². The normalized spacial score (nSPS) is 13.9. The lowest BCUT2D eigenvalue weighted by atomic mass is 9.98. The fourth-order valence-electron chi connectivity index (χ4n) is 1.49. The Bertz CT molecular complexity index is 358. The lowest BCUT2D eigenvalue weighted by Crippen LogP contribution is -2.22. The Labute approximate surface area is 93.5 Å². The molecule has 1 aromatic carbocycles. The van der Waals surface area contributed by atoms with E-state index in [1.165, 1.54) is 12.1 Å². The Morgan fingerprint density at radius 1 is 1.31 bits per heavy atom. The molecule has 0 bridgehead atoms. The van der Waals surface area contributed by atoms with E-state index in [1.807, 2.05) is 6.92 Å². The summed E-state index contributed by atoms with van der Waals surface area (Å²) < 4.78 is 37.5. The largest absolute Gasteiger partial charge is 0.416 e. The molecule has 90 valence electrons. The second kappa shape index (κ2) is 4.87. The molecule has 2 N–H and O–H groups in total. The van der Waals surface area contributed by atoms with Gasteiger partial charge in [-0.05, 0) is 43.0 Å². The van der Waals surface area contributed by atoms with Crippen molar-refractivity contribution in [2.45, 2.75) is 38.9 Å². The van der Waals surface area contributed by atoms with E-state index in [9.17, 15) is 13.2 Å². The molecule has 4 heteroatoms. The van der Waals surface area contributed by atoms with Crippen molar-refractivity contribution >= 4 is 0 Å². The van der Waals surface area contributed by atoms with E-state index in [1.54, 1.807) is 6.92 Å². The van der Waals surface area contributed by atoms with Crippen molar-refractivity contribution < 1.29 is 13.2 Å². The Morgan fingerprint density at radius 2 is 1.94 bits per heavy atom. The Morgan fingerprint density at radius 3 is 2.44 bits per heavy atom. The summed E-state index contributed by atoms with van der Waals surface area (Å²) in [5, 5.41) is 0. The van der Waals surface area contributed by atoms with Gasteiger partial charge in [0.1, 0.15) is 0 Å². The Balaban J connectivity index is 3.00. The van der Waals surface area contributed by atoms with Crippen LogP contribution in [0.3, 0.4) is 0 Å². The molecule has 1 nitrogen and oxygen atoms in total. The maximum absolute atomic E-state index is 12.5. The standard InChI is InChI=1S/C12H16F3N/c1-3-11(16)7-9-6-10(12(13,14)15)5-4-8(9)2/h4-6,11H,3,7,16H2,1-2H3. The summed E-state index contributed by atoms with van der Waals surface area (Å²) in [6.45, 7) is 3.73. The van der Waals surface area contributed by atoms with Crippen LogP contribution in [0.15, 0.2) is 18.2 Å². The minimum absolute atomic E-state index is 0.0813. The van der Waals surface area contributed by atoms with Crippen molar-refractivity contribution in [1.29, 1.82) is 0 Å². The molecule has 1 atom stereocenters. The minimum atomic E-state index is -4.28. The quantitative estimate of drug-likeness (QED) is 0.848. The molecule has 0 saturated heterocycles. The summed E-state index contributed by atoms with van der Waals surface area (Å²) in [4.78, 5) is 0. The van der Waals surface area contributed by atoms with Gasteiger partial charge in [0.25, 0.3) is 0 Å². The van der Waals surface area contributed by atoms with Gasteiger partial charge < -0.3 is 5.73 Å². The van der Waals surface area contributed by atoms with Crippen LogP contribution in [0.4, 0.5) is 13.2 Å². The molecule has 0 spiro atoms. The lowest BCUT2D eigenvalue weighted by Gasteiger charge is -2.14. The predicted octanol–water partition coefficient (Wildman–Crippen LogP) is 3.29. The summed E-state index contributed by atoms with van der Waals surface area (Å²) in [5.41, 5.74) is 6.69. The van der Waals surface area contributed by atoms with E-state index in [0.29, 0.717) is 12.0 Å². The Kier molecular flexibility index (Phi) is 3.97. The van der Waals surface area contributed by atoms with Crippen LogP contribution in [-0.4, -0.2) is 6.04 Å². The molecule has 1 unspecified atom stereocenters. The molecule has 16 heavy (non-hydrogen) atoms.